The van der Waals surface area contributed by atoms with Gasteiger partial charge < -0.3 is 14.8 Å². The van der Waals surface area contributed by atoms with Gasteiger partial charge in [0.2, 0.25) is 5.91 Å². The fourth-order valence-electron chi connectivity index (χ4n) is 3.22. The Hall–Kier alpha value is -3.09. The minimum absolute atomic E-state index is 0.00751. The molecule has 0 saturated carbocycles. The van der Waals surface area contributed by atoms with Gasteiger partial charge in [-0.3, -0.25) is 9.59 Å². The van der Waals surface area contributed by atoms with Gasteiger partial charge in [0.25, 0.3) is 5.91 Å². The molecule has 174 valence electrons. The van der Waals surface area contributed by atoms with Gasteiger partial charge in [0.1, 0.15) is 11.5 Å². The number of hydrogen-bond acceptors (Lipinski definition) is 8. The molecule has 2 heterocycles. The van der Waals surface area contributed by atoms with Crippen molar-refractivity contribution in [1.29, 1.82) is 0 Å². The highest BCUT2D eigenvalue weighted by Gasteiger charge is 2.37. The molecule has 2 atom stereocenters. The predicted octanol–water partition coefficient (Wildman–Crippen LogP) is 1.32. The smallest absolute Gasteiger partial charge is 0.387 e. The molecule has 13 heteroatoms. The number of rotatable bonds is 7. The van der Waals surface area contributed by atoms with E-state index in [0.717, 1.165) is 5.01 Å². The number of ether oxygens (including phenoxy) is 2. The van der Waals surface area contributed by atoms with E-state index in [0.29, 0.717) is 0 Å². The Balaban J connectivity index is 1.58. The SMILES string of the molecule is C[C@@H](OC(=O)C1=NN([C@H]2CCS(=O)(=O)C2)C(=O)CC1)C(=O)Nc1ccc(OC(F)F)cc1. The summed E-state index contributed by atoms with van der Waals surface area (Å²) >= 11 is 0. The van der Waals surface area contributed by atoms with Crippen molar-refractivity contribution in [3.05, 3.63) is 24.3 Å². The van der Waals surface area contributed by atoms with Crippen LogP contribution in [-0.4, -0.2) is 67.2 Å². The first-order valence-electron chi connectivity index (χ1n) is 9.71. The second-order valence-electron chi connectivity index (χ2n) is 7.28. The number of carbonyl (C=O) groups is 3. The maximum absolute atomic E-state index is 12.4. The molecule has 10 nitrogen and oxygen atoms in total. The lowest BCUT2D eigenvalue weighted by Gasteiger charge is -2.27. The Labute approximate surface area is 182 Å². The Morgan fingerprint density at radius 1 is 1.22 bits per heavy atom. The number of nitrogens with one attached hydrogen (secondary N) is 1. The molecule has 1 fully saturated rings. The summed E-state index contributed by atoms with van der Waals surface area (Å²) in [4.78, 5) is 36.8. The summed E-state index contributed by atoms with van der Waals surface area (Å²) in [5.41, 5.74) is 0.191. The van der Waals surface area contributed by atoms with E-state index in [1.165, 1.54) is 31.2 Å². The summed E-state index contributed by atoms with van der Waals surface area (Å²) in [6.45, 7) is -1.64. The van der Waals surface area contributed by atoms with Crippen LogP contribution in [0.4, 0.5) is 14.5 Å². The van der Waals surface area contributed by atoms with Gasteiger partial charge in [-0.05, 0) is 37.6 Å². The zero-order valence-electron chi connectivity index (χ0n) is 17.0. The first-order valence-corrected chi connectivity index (χ1v) is 11.5. The molecule has 2 amide bonds. The predicted molar refractivity (Wildman–Crippen MR) is 108 cm³/mol. The minimum Gasteiger partial charge on any atom is -0.448 e. The van der Waals surface area contributed by atoms with Crippen molar-refractivity contribution in [2.45, 2.75) is 44.9 Å². The number of halogens is 2. The number of amides is 2. The Bertz CT molecular complexity index is 1030. The molecule has 32 heavy (non-hydrogen) atoms. The van der Waals surface area contributed by atoms with Gasteiger partial charge in [-0.15, -0.1) is 0 Å². The summed E-state index contributed by atoms with van der Waals surface area (Å²) in [5, 5.41) is 7.49. The molecule has 0 radical (unpaired) electrons. The molecule has 1 aromatic carbocycles. The van der Waals surface area contributed by atoms with Crippen LogP contribution in [0.25, 0.3) is 0 Å². The van der Waals surface area contributed by atoms with Crippen molar-refractivity contribution in [3.8, 4) is 5.75 Å². The first kappa shape index (κ1) is 23.6. The van der Waals surface area contributed by atoms with Crippen LogP contribution >= 0.6 is 0 Å². The molecule has 1 saturated heterocycles. The molecule has 1 aromatic rings. The van der Waals surface area contributed by atoms with Crippen molar-refractivity contribution >= 4 is 39.0 Å². The third kappa shape index (κ3) is 5.99. The number of esters is 1. The highest BCUT2D eigenvalue weighted by Crippen LogP contribution is 2.23. The van der Waals surface area contributed by atoms with E-state index in [1.807, 2.05) is 0 Å². The van der Waals surface area contributed by atoms with Crippen LogP contribution in [0.1, 0.15) is 26.2 Å². The topological polar surface area (TPSA) is 131 Å². The zero-order chi connectivity index (χ0) is 23.5. The minimum atomic E-state index is -3.25. The Morgan fingerprint density at radius 3 is 2.50 bits per heavy atom. The molecule has 2 aliphatic heterocycles. The fourth-order valence-corrected chi connectivity index (χ4v) is 4.91. The van der Waals surface area contributed by atoms with E-state index in [1.54, 1.807) is 0 Å². The Kier molecular flexibility index (Phi) is 7.06. The summed E-state index contributed by atoms with van der Waals surface area (Å²) in [6.07, 6.45) is -1.01. The lowest BCUT2D eigenvalue weighted by Crippen LogP contribution is -2.42. The van der Waals surface area contributed by atoms with Gasteiger partial charge in [0, 0.05) is 18.5 Å². The van der Waals surface area contributed by atoms with Gasteiger partial charge in [-0.25, -0.2) is 18.2 Å². The second-order valence-corrected chi connectivity index (χ2v) is 9.51. The molecule has 1 N–H and O–H groups in total. The lowest BCUT2D eigenvalue weighted by molar-refractivity contribution is -0.147. The molecular weight excluding hydrogens is 452 g/mol. The summed E-state index contributed by atoms with van der Waals surface area (Å²) < 4.78 is 57.1. The van der Waals surface area contributed by atoms with E-state index < -0.39 is 40.5 Å². The molecule has 0 spiro atoms. The fraction of sp³-hybridized carbons (Fsp3) is 0.474. The standard InChI is InChI=1S/C19H21F2N3O7S/c1-11(17(26)22-12-2-4-14(5-3-12)31-19(20)21)30-18(27)15-6-7-16(25)24(23-15)13-8-9-32(28,29)10-13/h2-5,11,13,19H,6-10H2,1H3,(H,22,26)/t11-,13+/m1/s1. The average molecular weight is 473 g/mol. The number of sulfone groups is 1. The van der Waals surface area contributed by atoms with Crippen LogP contribution in [0.15, 0.2) is 29.4 Å². The van der Waals surface area contributed by atoms with Gasteiger partial charge in [0.05, 0.1) is 17.5 Å². The molecule has 0 aromatic heterocycles. The number of alkyl halides is 2. The maximum Gasteiger partial charge on any atom is 0.387 e. The summed E-state index contributed by atoms with van der Waals surface area (Å²) in [6, 6.07) is 4.53. The maximum atomic E-state index is 12.4. The third-order valence-corrected chi connectivity index (χ3v) is 6.60. The highest BCUT2D eigenvalue weighted by molar-refractivity contribution is 7.91. The normalized spacial score (nSPS) is 21.1. The monoisotopic (exact) mass is 473 g/mol. The average Bonchev–Trinajstić information content (AvgIpc) is 3.08. The number of carbonyl (C=O) groups excluding carboxylic acids is 3. The number of benzene rings is 1. The van der Waals surface area contributed by atoms with E-state index in [9.17, 15) is 31.6 Å². The van der Waals surface area contributed by atoms with Crippen LogP contribution in [0.3, 0.4) is 0 Å². The molecule has 0 unspecified atom stereocenters. The van der Waals surface area contributed by atoms with Crippen molar-refractivity contribution in [2.24, 2.45) is 5.10 Å². The van der Waals surface area contributed by atoms with Crippen molar-refractivity contribution in [1.82, 2.24) is 5.01 Å². The molecule has 0 aliphatic carbocycles. The van der Waals surface area contributed by atoms with E-state index >= 15 is 0 Å². The van der Waals surface area contributed by atoms with Gasteiger partial charge >= 0.3 is 12.6 Å². The van der Waals surface area contributed by atoms with E-state index in [-0.39, 0.29) is 53.8 Å². The summed E-state index contributed by atoms with van der Waals surface area (Å²) in [7, 11) is -3.25. The van der Waals surface area contributed by atoms with Gasteiger partial charge in [-0.2, -0.15) is 13.9 Å². The molecule has 2 aliphatic rings. The molecule has 0 bridgehead atoms. The largest absolute Gasteiger partial charge is 0.448 e. The van der Waals surface area contributed by atoms with Gasteiger partial charge in [-0.1, -0.05) is 0 Å². The van der Waals surface area contributed by atoms with Crippen LogP contribution < -0.4 is 10.1 Å². The molecule has 3 rings (SSSR count). The first-order chi connectivity index (χ1) is 15.0. The Morgan fingerprint density at radius 2 is 1.91 bits per heavy atom. The van der Waals surface area contributed by atoms with E-state index in [2.05, 4.69) is 15.2 Å². The van der Waals surface area contributed by atoms with Gasteiger partial charge in [0.15, 0.2) is 15.9 Å². The highest BCUT2D eigenvalue weighted by atomic mass is 32.2. The lowest BCUT2D eigenvalue weighted by atomic mass is 10.1. The summed E-state index contributed by atoms with van der Waals surface area (Å²) in [5.74, 6) is -2.30. The van der Waals surface area contributed by atoms with E-state index in [4.69, 9.17) is 4.74 Å². The number of hydrazone groups is 1. The zero-order valence-corrected chi connectivity index (χ0v) is 17.8. The van der Waals surface area contributed by atoms with Crippen molar-refractivity contribution in [2.75, 3.05) is 16.8 Å². The van der Waals surface area contributed by atoms with Crippen LogP contribution in [0, 0.1) is 0 Å². The second kappa shape index (κ2) is 9.59. The quantitative estimate of drug-likeness (QED) is 0.591. The van der Waals surface area contributed by atoms with Crippen molar-refractivity contribution < 1.29 is 41.1 Å². The number of hydrogen-bond donors (Lipinski definition) is 1. The van der Waals surface area contributed by atoms with Crippen molar-refractivity contribution in [3.63, 3.8) is 0 Å². The number of nitrogens with zero attached hydrogens (tertiary/aromatic N) is 2. The van der Waals surface area contributed by atoms with Crippen LogP contribution in [-0.2, 0) is 29.0 Å². The van der Waals surface area contributed by atoms with Crippen LogP contribution in [0.2, 0.25) is 0 Å². The third-order valence-electron chi connectivity index (χ3n) is 4.85. The van der Waals surface area contributed by atoms with Crippen LogP contribution in [0.5, 0.6) is 5.75 Å². The number of anilines is 1. The molecular formula is C19H21F2N3O7S.